The number of benzene rings is 1. The quantitative estimate of drug-likeness (QED) is 0.877. The summed E-state index contributed by atoms with van der Waals surface area (Å²) in [5.41, 5.74) is 0.623. The van der Waals surface area contributed by atoms with Crippen molar-refractivity contribution in [3.05, 3.63) is 29.8 Å². The van der Waals surface area contributed by atoms with Crippen LogP contribution in [0.2, 0.25) is 0 Å². The van der Waals surface area contributed by atoms with Gasteiger partial charge in [-0.1, -0.05) is 18.2 Å². The maximum absolute atomic E-state index is 11.3. The van der Waals surface area contributed by atoms with Gasteiger partial charge in [0.25, 0.3) is 5.88 Å². The normalized spacial score (nSPS) is 10.2. The Morgan fingerprint density at radius 3 is 2.53 bits per heavy atom. The summed E-state index contributed by atoms with van der Waals surface area (Å²) in [5, 5.41) is 9.78. The molecule has 0 fully saturated rings. The van der Waals surface area contributed by atoms with Gasteiger partial charge in [-0.25, -0.2) is 9.78 Å². The van der Waals surface area contributed by atoms with E-state index in [9.17, 15) is 9.90 Å². The number of aromatic nitrogens is 1. The van der Waals surface area contributed by atoms with Gasteiger partial charge in [0.2, 0.25) is 0 Å². The predicted octanol–water partition coefficient (Wildman–Crippen LogP) is 1.95. The molecule has 17 heavy (non-hydrogen) atoms. The van der Waals surface area contributed by atoms with Gasteiger partial charge in [-0.05, 0) is 6.07 Å². The molecular formula is C12H11NO4. The van der Waals surface area contributed by atoms with Crippen molar-refractivity contribution in [3.63, 3.8) is 0 Å². The van der Waals surface area contributed by atoms with Crippen LogP contribution in [0.1, 0.15) is 10.4 Å². The SMILES string of the molecule is COc1nc2ccccc2c(C(=O)O)c1OC. The fraction of sp³-hybridized carbons (Fsp3) is 0.167. The highest BCUT2D eigenvalue weighted by molar-refractivity contribution is 6.05. The van der Waals surface area contributed by atoms with E-state index >= 15 is 0 Å². The Morgan fingerprint density at radius 1 is 1.24 bits per heavy atom. The molecule has 5 nitrogen and oxygen atoms in total. The summed E-state index contributed by atoms with van der Waals surface area (Å²) in [5.74, 6) is -0.763. The van der Waals surface area contributed by atoms with E-state index in [1.165, 1.54) is 14.2 Å². The van der Waals surface area contributed by atoms with Crippen molar-refractivity contribution in [3.8, 4) is 11.6 Å². The number of pyridine rings is 1. The van der Waals surface area contributed by atoms with E-state index < -0.39 is 5.97 Å². The Hall–Kier alpha value is -2.30. The zero-order valence-corrected chi connectivity index (χ0v) is 9.43. The Morgan fingerprint density at radius 2 is 1.94 bits per heavy atom. The molecule has 0 radical (unpaired) electrons. The van der Waals surface area contributed by atoms with Gasteiger partial charge in [0.15, 0.2) is 5.75 Å². The van der Waals surface area contributed by atoms with Gasteiger partial charge in [-0.15, -0.1) is 0 Å². The summed E-state index contributed by atoms with van der Waals surface area (Å²) in [4.78, 5) is 15.5. The minimum Gasteiger partial charge on any atom is -0.491 e. The minimum atomic E-state index is -1.07. The minimum absolute atomic E-state index is 0.0648. The van der Waals surface area contributed by atoms with Crippen molar-refractivity contribution >= 4 is 16.9 Å². The average molecular weight is 233 g/mol. The number of rotatable bonds is 3. The maximum Gasteiger partial charge on any atom is 0.340 e. The first kappa shape index (κ1) is 11.2. The van der Waals surface area contributed by atoms with Crippen LogP contribution in [-0.4, -0.2) is 30.3 Å². The molecule has 88 valence electrons. The van der Waals surface area contributed by atoms with Crippen LogP contribution < -0.4 is 9.47 Å². The van der Waals surface area contributed by atoms with Crippen molar-refractivity contribution in [1.29, 1.82) is 0 Å². The number of para-hydroxylation sites is 1. The molecule has 1 aromatic heterocycles. The van der Waals surface area contributed by atoms with E-state index in [4.69, 9.17) is 9.47 Å². The van der Waals surface area contributed by atoms with Crippen LogP contribution in [0.4, 0.5) is 0 Å². The monoisotopic (exact) mass is 233 g/mol. The van der Waals surface area contributed by atoms with Crippen LogP contribution in [0, 0.1) is 0 Å². The van der Waals surface area contributed by atoms with Crippen molar-refractivity contribution in [2.24, 2.45) is 0 Å². The zero-order chi connectivity index (χ0) is 12.4. The molecule has 0 amide bonds. The van der Waals surface area contributed by atoms with Crippen LogP contribution in [0.5, 0.6) is 11.6 Å². The summed E-state index contributed by atoms with van der Waals surface area (Å²) < 4.78 is 10.1. The highest BCUT2D eigenvalue weighted by atomic mass is 16.5. The van der Waals surface area contributed by atoms with E-state index in [2.05, 4.69) is 4.98 Å². The number of hydrogen-bond acceptors (Lipinski definition) is 4. The van der Waals surface area contributed by atoms with E-state index in [-0.39, 0.29) is 17.2 Å². The van der Waals surface area contributed by atoms with Crippen LogP contribution >= 0.6 is 0 Å². The first-order valence-corrected chi connectivity index (χ1v) is 4.93. The van der Waals surface area contributed by atoms with Gasteiger partial charge < -0.3 is 14.6 Å². The van der Waals surface area contributed by atoms with Crippen molar-refractivity contribution in [1.82, 2.24) is 4.98 Å². The van der Waals surface area contributed by atoms with Crippen molar-refractivity contribution < 1.29 is 19.4 Å². The maximum atomic E-state index is 11.3. The second-order valence-electron chi connectivity index (χ2n) is 3.35. The highest BCUT2D eigenvalue weighted by Crippen LogP contribution is 2.34. The third kappa shape index (κ3) is 1.75. The number of carbonyl (C=O) groups is 1. The molecule has 1 heterocycles. The lowest BCUT2D eigenvalue weighted by Crippen LogP contribution is -2.05. The number of methoxy groups -OCH3 is 2. The van der Waals surface area contributed by atoms with Crippen LogP contribution in [0.15, 0.2) is 24.3 Å². The lowest BCUT2D eigenvalue weighted by Gasteiger charge is -2.11. The van der Waals surface area contributed by atoms with E-state index in [0.29, 0.717) is 10.9 Å². The molecule has 0 bridgehead atoms. The fourth-order valence-electron chi connectivity index (χ4n) is 1.71. The molecule has 0 saturated carbocycles. The Kier molecular flexibility index (Phi) is 2.82. The Labute approximate surface area is 97.6 Å². The molecule has 1 N–H and O–H groups in total. The van der Waals surface area contributed by atoms with Gasteiger partial charge in [0, 0.05) is 5.39 Å². The number of ether oxygens (including phenoxy) is 2. The summed E-state index contributed by atoms with van der Waals surface area (Å²) in [6.07, 6.45) is 0. The molecule has 0 atom stereocenters. The highest BCUT2D eigenvalue weighted by Gasteiger charge is 2.21. The van der Waals surface area contributed by atoms with E-state index in [0.717, 1.165) is 0 Å². The molecule has 2 rings (SSSR count). The molecule has 1 aromatic carbocycles. The topological polar surface area (TPSA) is 68.7 Å². The van der Waals surface area contributed by atoms with E-state index in [1.807, 2.05) is 0 Å². The number of hydrogen-bond donors (Lipinski definition) is 1. The van der Waals surface area contributed by atoms with E-state index in [1.54, 1.807) is 24.3 Å². The zero-order valence-electron chi connectivity index (χ0n) is 9.43. The molecule has 0 aliphatic rings. The lowest BCUT2D eigenvalue weighted by atomic mass is 10.1. The lowest BCUT2D eigenvalue weighted by molar-refractivity contribution is 0.0694. The number of carboxylic acids is 1. The second kappa shape index (κ2) is 4.29. The first-order valence-electron chi connectivity index (χ1n) is 4.93. The summed E-state index contributed by atoms with van der Waals surface area (Å²) >= 11 is 0. The van der Waals surface area contributed by atoms with Crippen LogP contribution in [-0.2, 0) is 0 Å². The molecule has 0 aliphatic heterocycles. The Balaban J connectivity index is 2.90. The third-order valence-corrected chi connectivity index (χ3v) is 2.43. The summed E-state index contributed by atoms with van der Waals surface area (Å²) in [6, 6.07) is 6.95. The smallest absolute Gasteiger partial charge is 0.340 e. The fourth-order valence-corrected chi connectivity index (χ4v) is 1.71. The first-order chi connectivity index (χ1) is 8.19. The molecular weight excluding hydrogens is 222 g/mol. The third-order valence-electron chi connectivity index (χ3n) is 2.43. The van der Waals surface area contributed by atoms with Gasteiger partial charge in [-0.3, -0.25) is 0 Å². The van der Waals surface area contributed by atoms with Gasteiger partial charge in [-0.2, -0.15) is 0 Å². The van der Waals surface area contributed by atoms with Gasteiger partial charge in [0.05, 0.1) is 19.7 Å². The molecule has 5 heteroatoms. The molecule has 0 spiro atoms. The number of carboxylic acid groups (broad SMARTS) is 1. The molecule has 0 saturated heterocycles. The predicted molar refractivity (Wildman–Crippen MR) is 61.8 cm³/mol. The number of fused-ring (bicyclic) bond motifs is 1. The molecule has 2 aromatic rings. The Bertz CT molecular complexity index is 580. The van der Waals surface area contributed by atoms with Crippen molar-refractivity contribution in [2.75, 3.05) is 14.2 Å². The average Bonchev–Trinajstić information content (AvgIpc) is 2.35. The van der Waals surface area contributed by atoms with Crippen LogP contribution in [0.3, 0.4) is 0 Å². The van der Waals surface area contributed by atoms with Gasteiger partial charge >= 0.3 is 5.97 Å². The van der Waals surface area contributed by atoms with Gasteiger partial charge in [0.1, 0.15) is 5.56 Å². The standard InChI is InChI=1S/C12H11NO4/c1-16-10-9(12(14)15)7-5-3-4-6-8(7)13-11(10)17-2/h3-6H,1-2H3,(H,14,15). The number of nitrogens with zero attached hydrogens (tertiary/aromatic N) is 1. The number of aromatic carboxylic acids is 1. The molecule has 0 aliphatic carbocycles. The summed E-state index contributed by atoms with van der Waals surface area (Å²) in [7, 11) is 2.81. The second-order valence-corrected chi connectivity index (χ2v) is 3.35. The largest absolute Gasteiger partial charge is 0.491 e. The van der Waals surface area contributed by atoms with Crippen LogP contribution in [0.25, 0.3) is 10.9 Å². The molecule has 0 unspecified atom stereocenters. The summed E-state index contributed by atoms with van der Waals surface area (Å²) in [6.45, 7) is 0. The van der Waals surface area contributed by atoms with Crippen molar-refractivity contribution in [2.45, 2.75) is 0 Å².